The standard InChI is InChI=1S/C8H7O.2C3H7.CH3.Sn/c1-7(9)8-5-3-2-4-6-8;2*1-3-2;;/h2-6H,1H2;2*3H,1-2H3;1H3;. The molecule has 0 fully saturated rings. The van der Waals surface area contributed by atoms with Crippen molar-refractivity contribution < 1.29 is 4.79 Å². The summed E-state index contributed by atoms with van der Waals surface area (Å²) in [5.41, 5.74) is 0.886. The monoisotopic (exact) mass is 340 g/mol. The molecule has 0 saturated carbocycles. The van der Waals surface area contributed by atoms with Crippen LogP contribution in [0.3, 0.4) is 0 Å². The second kappa shape index (κ2) is 6.03. The molecule has 0 atom stereocenters. The topological polar surface area (TPSA) is 17.1 Å². The molecule has 0 radical (unpaired) electrons. The number of ketones is 1. The first-order chi connectivity index (χ1) is 7.88. The summed E-state index contributed by atoms with van der Waals surface area (Å²) in [6.07, 6.45) is 0. The average Bonchev–Trinajstić information content (AvgIpc) is 2.29. The Hall–Kier alpha value is -0.311. The van der Waals surface area contributed by atoms with Gasteiger partial charge in [-0.1, -0.05) is 0 Å². The van der Waals surface area contributed by atoms with Gasteiger partial charge in [0.2, 0.25) is 0 Å². The summed E-state index contributed by atoms with van der Waals surface area (Å²) < 4.78 is 2.28. The summed E-state index contributed by atoms with van der Waals surface area (Å²) in [6, 6.07) is 9.74. The number of rotatable bonds is 5. The second-order valence-electron chi connectivity index (χ2n) is 5.78. The van der Waals surface area contributed by atoms with Crippen LogP contribution in [0.15, 0.2) is 30.3 Å². The predicted octanol–water partition coefficient (Wildman–Crippen LogP) is 4.77. The van der Waals surface area contributed by atoms with E-state index >= 15 is 0 Å². The van der Waals surface area contributed by atoms with Crippen LogP contribution in [0.5, 0.6) is 0 Å². The first kappa shape index (κ1) is 14.7. The molecule has 0 bridgehead atoms. The Labute approximate surface area is 109 Å². The van der Waals surface area contributed by atoms with E-state index < -0.39 is 18.4 Å². The van der Waals surface area contributed by atoms with Crippen molar-refractivity contribution in [2.75, 3.05) is 0 Å². The van der Waals surface area contributed by atoms with Gasteiger partial charge >= 0.3 is 110 Å². The van der Waals surface area contributed by atoms with Crippen LogP contribution < -0.4 is 0 Å². The van der Waals surface area contributed by atoms with E-state index in [9.17, 15) is 4.79 Å². The van der Waals surface area contributed by atoms with Gasteiger partial charge in [0, 0.05) is 0 Å². The molecule has 0 aliphatic rings. The molecule has 0 saturated heterocycles. The third-order valence-corrected chi connectivity index (χ3v) is 22.4. The van der Waals surface area contributed by atoms with Gasteiger partial charge in [0.25, 0.3) is 0 Å². The molecule has 0 heterocycles. The SMILES string of the molecule is C[CH](C)[Sn]([CH3])([CH2]C(=O)c1ccccc1)[CH](C)C. The van der Waals surface area contributed by atoms with E-state index in [4.69, 9.17) is 0 Å². The van der Waals surface area contributed by atoms with Crippen LogP contribution in [0.4, 0.5) is 0 Å². The van der Waals surface area contributed by atoms with Crippen molar-refractivity contribution in [2.45, 2.75) is 44.9 Å². The van der Waals surface area contributed by atoms with E-state index in [0.717, 1.165) is 17.9 Å². The van der Waals surface area contributed by atoms with Gasteiger partial charge in [0.15, 0.2) is 0 Å². The van der Waals surface area contributed by atoms with Crippen LogP contribution >= 0.6 is 0 Å². The molecule has 1 aromatic rings. The third kappa shape index (κ3) is 3.57. The van der Waals surface area contributed by atoms with Crippen molar-refractivity contribution in [3.63, 3.8) is 0 Å². The minimum atomic E-state index is -2.31. The molecule has 2 heteroatoms. The van der Waals surface area contributed by atoms with Gasteiger partial charge in [-0.25, -0.2) is 0 Å². The summed E-state index contributed by atoms with van der Waals surface area (Å²) in [5.74, 6) is 0.353. The van der Waals surface area contributed by atoms with Crippen LogP contribution in [-0.4, -0.2) is 24.2 Å². The molecule has 0 unspecified atom stereocenters. The Kier molecular flexibility index (Phi) is 5.23. The first-order valence-electron chi connectivity index (χ1n) is 6.46. The summed E-state index contributed by atoms with van der Waals surface area (Å²) in [6.45, 7) is 9.20. The van der Waals surface area contributed by atoms with Crippen LogP contribution in [0, 0.1) is 0 Å². The number of hydrogen-bond donors (Lipinski definition) is 0. The molecular weight excluding hydrogens is 315 g/mol. The zero-order chi connectivity index (χ0) is 13.1. The Balaban J connectivity index is 2.86. The quantitative estimate of drug-likeness (QED) is 0.558. The van der Waals surface area contributed by atoms with E-state index in [1.807, 2.05) is 30.3 Å². The Morgan fingerprint density at radius 2 is 1.53 bits per heavy atom. The normalized spacial score (nSPS) is 12.2. The summed E-state index contributed by atoms with van der Waals surface area (Å²) in [7, 11) is 0. The molecule has 0 amide bonds. The summed E-state index contributed by atoms with van der Waals surface area (Å²) >= 11 is -2.31. The Morgan fingerprint density at radius 1 is 1.06 bits per heavy atom. The van der Waals surface area contributed by atoms with Crippen molar-refractivity contribution in [1.82, 2.24) is 0 Å². The van der Waals surface area contributed by atoms with E-state index in [1.54, 1.807) is 0 Å². The van der Waals surface area contributed by atoms with Gasteiger partial charge in [0.1, 0.15) is 0 Å². The van der Waals surface area contributed by atoms with E-state index in [0.29, 0.717) is 5.78 Å². The average molecular weight is 339 g/mol. The Morgan fingerprint density at radius 3 is 1.94 bits per heavy atom. The number of Topliss-reactive ketones (excluding diaryl/α,β-unsaturated/α-hetero) is 1. The van der Waals surface area contributed by atoms with Crippen molar-refractivity contribution in [1.29, 1.82) is 0 Å². The molecule has 94 valence electrons. The van der Waals surface area contributed by atoms with Gasteiger partial charge in [-0.05, 0) is 0 Å². The number of carbonyl (C=O) groups is 1. The van der Waals surface area contributed by atoms with Crippen LogP contribution in [0.2, 0.25) is 17.2 Å². The molecule has 0 aliphatic heterocycles. The molecule has 0 aliphatic carbocycles. The zero-order valence-corrected chi connectivity index (χ0v) is 14.5. The van der Waals surface area contributed by atoms with Crippen molar-refractivity contribution in [3.8, 4) is 0 Å². The van der Waals surface area contributed by atoms with Gasteiger partial charge in [-0.2, -0.15) is 0 Å². The van der Waals surface area contributed by atoms with Crippen LogP contribution in [0.1, 0.15) is 38.1 Å². The predicted molar refractivity (Wildman–Crippen MR) is 77.4 cm³/mol. The fourth-order valence-corrected chi connectivity index (χ4v) is 10.8. The molecule has 0 aromatic heterocycles. The van der Waals surface area contributed by atoms with E-state index in [-0.39, 0.29) is 0 Å². The number of benzene rings is 1. The maximum absolute atomic E-state index is 12.3. The molecule has 0 N–H and O–H groups in total. The summed E-state index contributed by atoms with van der Waals surface area (Å²) in [5, 5.41) is 0. The molecule has 17 heavy (non-hydrogen) atoms. The van der Waals surface area contributed by atoms with Gasteiger partial charge in [0.05, 0.1) is 0 Å². The van der Waals surface area contributed by atoms with E-state index in [1.165, 1.54) is 0 Å². The third-order valence-electron chi connectivity index (χ3n) is 4.28. The molecule has 1 nitrogen and oxygen atoms in total. The van der Waals surface area contributed by atoms with Crippen molar-refractivity contribution in [2.24, 2.45) is 0 Å². The minimum absolute atomic E-state index is 0.353. The molecule has 1 rings (SSSR count). The van der Waals surface area contributed by atoms with Crippen molar-refractivity contribution in [3.05, 3.63) is 35.9 Å². The van der Waals surface area contributed by atoms with Gasteiger partial charge in [-0.3, -0.25) is 0 Å². The van der Waals surface area contributed by atoms with E-state index in [2.05, 4.69) is 32.6 Å². The number of carbonyl (C=O) groups excluding carboxylic acids is 1. The van der Waals surface area contributed by atoms with Crippen molar-refractivity contribution >= 4 is 24.2 Å². The molecule has 1 aromatic carbocycles. The van der Waals surface area contributed by atoms with Crippen LogP contribution in [-0.2, 0) is 0 Å². The van der Waals surface area contributed by atoms with Gasteiger partial charge in [-0.15, -0.1) is 0 Å². The number of hydrogen-bond acceptors (Lipinski definition) is 1. The molecule has 0 spiro atoms. The fraction of sp³-hybridized carbons (Fsp3) is 0.533. The summed E-state index contributed by atoms with van der Waals surface area (Å²) in [4.78, 5) is 14.8. The zero-order valence-electron chi connectivity index (χ0n) is 11.7. The molecular formula is C15H24OSn. The maximum atomic E-state index is 12.3. The van der Waals surface area contributed by atoms with Gasteiger partial charge < -0.3 is 0 Å². The van der Waals surface area contributed by atoms with Crippen LogP contribution in [0.25, 0.3) is 0 Å². The first-order valence-corrected chi connectivity index (χ1v) is 14.6. The fourth-order valence-electron chi connectivity index (χ4n) is 2.15. The second-order valence-corrected chi connectivity index (χ2v) is 22.0. The Bertz CT molecular complexity index is 360.